The number of hydrogen-bond donors (Lipinski definition) is 1. The maximum Gasteiger partial charge on any atom is 0.274 e. The van der Waals surface area contributed by atoms with Gasteiger partial charge in [0.25, 0.3) is 5.56 Å². The number of aromatic nitrogens is 2. The Morgan fingerprint density at radius 3 is 2.65 bits per heavy atom. The molecule has 0 saturated carbocycles. The van der Waals surface area contributed by atoms with E-state index in [-0.39, 0.29) is 11.3 Å². The fourth-order valence-electron chi connectivity index (χ4n) is 2.66. The van der Waals surface area contributed by atoms with Crippen LogP contribution in [-0.4, -0.2) is 21.8 Å². The Morgan fingerprint density at radius 1 is 1.15 bits per heavy atom. The van der Waals surface area contributed by atoms with E-state index in [1.54, 1.807) is 36.5 Å². The van der Waals surface area contributed by atoms with Gasteiger partial charge in [-0.2, -0.15) is 0 Å². The lowest BCUT2D eigenvalue weighted by atomic mass is 10.2. The van der Waals surface area contributed by atoms with Crippen molar-refractivity contribution in [3.63, 3.8) is 0 Å². The first-order valence-electron chi connectivity index (χ1n) is 7.72. The quantitative estimate of drug-likeness (QED) is 0.565. The molecule has 1 N–H and O–H groups in total. The third-order valence-corrected chi connectivity index (χ3v) is 5.34. The molecule has 0 amide bonds. The van der Waals surface area contributed by atoms with Gasteiger partial charge < -0.3 is 9.84 Å². The molecular formula is C19H13ClN2O3S. The van der Waals surface area contributed by atoms with Crippen LogP contribution >= 0.6 is 22.9 Å². The van der Waals surface area contributed by atoms with Crippen molar-refractivity contribution in [3.8, 4) is 27.8 Å². The molecule has 5 nitrogen and oxygen atoms in total. The summed E-state index contributed by atoms with van der Waals surface area (Å²) in [6.07, 6.45) is 1.67. The number of pyridine rings is 1. The molecule has 0 radical (unpaired) electrons. The van der Waals surface area contributed by atoms with E-state index in [0.717, 1.165) is 10.6 Å². The van der Waals surface area contributed by atoms with Gasteiger partial charge in [0.05, 0.1) is 18.3 Å². The molecule has 0 atom stereocenters. The van der Waals surface area contributed by atoms with Gasteiger partial charge in [0.2, 0.25) is 0 Å². The molecule has 0 aliphatic carbocycles. The topological polar surface area (TPSA) is 64.4 Å². The number of thiazole rings is 1. The number of ether oxygens (including phenoxy) is 1. The van der Waals surface area contributed by atoms with Crippen molar-refractivity contribution in [2.75, 3.05) is 7.11 Å². The van der Waals surface area contributed by atoms with E-state index in [2.05, 4.69) is 4.98 Å². The minimum Gasteiger partial charge on any atom is -0.504 e. The van der Waals surface area contributed by atoms with Crippen molar-refractivity contribution in [3.05, 3.63) is 70.1 Å². The molecule has 4 rings (SSSR count). The normalized spacial score (nSPS) is 11.0. The average molecular weight is 385 g/mol. The molecule has 130 valence electrons. The number of benzene rings is 2. The third kappa shape index (κ3) is 2.83. The largest absolute Gasteiger partial charge is 0.504 e. The highest BCUT2D eigenvalue weighted by Gasteiger charge is 2.13. The molecule has 0 spiro atoms. The summed E-state index contributed by atoms with van der Waals surface area (Å²) >= 11 is 7.27. The fraction of sp³-hybridized carbons (Fsp3) is 0.0526. The van der Waals surface area contributed by atoms with E-state index in [9.17, 15) is 9.90 Å². The Hall–Kier alpha value is -2.83. The lowest BCUT2D eigenvalue weighted by Gasteiger charge is -2.08. The number of fused-ring (bicyclic) bond motifs is 1. The van der Waals surface area contributed by atoms with Gasteiger partial charge in [-0.25, -0.2) is 4.98 Å². The van der Waals surface area contributed by atoms with Crippen LogP contribution in [0.1, 0.15) is 0 Å². The molecule has 0 bridgehead atoms. The maximum atomic E-state index is 12.9. The van der Waals surface area contributed by atoms with Crippen LogP contribution in [0.4, 0.5) is 0 Å². The summed E-state index contributed by atoms with van der Waals surface area (Å²) in [5, 5.41) is 11.2. The standard InChI is InChI=1S/C19H13ClN2O3S/c1-25-16-10-13(6-7-15(16)23)22-9-8-14-17(19(22)24)26-18(21-14)11-2-4-12(20)5-3-11/h2-10,23H,1H3. The lowest BCUT2D eigenvalue weighted by molar-refractivity contribution is 0.373. The molecule has 7 heteroatoms. The zero-order valence-electron chi connectivity index (χ0n) is 13.6. The average Bonchev–Trinajstić information content (AvgIpc) is 3.08. The van der Waals surface area contributed by atoms with Crippen molar-refractivity contribution in [2.24, 2.45) is 0 Å². The number of halogens is 1. The summed E-state index contributed by atoms with van der Waals surface area (Å²) in [6.45, 7) is 0. The van der Waals surface area contributed by atoms with Gasteiger partial charge in [-0.05, 0) is 30.3 Å². The van der Waals surface area contributed by atoms with Crippen molar-refractivity contribution in [1.29, 1.82) is 0 Å². The minimum atomic E-state index is -0.173. The Morgan fingerprint density at radius 2 is 1.92 bits per heavy atom. The summed E-state index contributed by atoms with van der Waals surface area (Å²) < 4.78 is 7.19. The molecule has 2 aromatic heterocycles. The zero-order chi connectivity index (χ0) is 18.3. The van der Waals surface area contributed by atoms with Crippen LogP contribution < -0.4 is 10.3 Å². The second kappa shape index (κ2) is 6.48. The molecule has 0 aliphatic heterocycles. The Bertz CT molecular complexity index is 1170. The van der Waals surface area contributed by atoms with Gasteiger partial charge in [-0.15, -0.1) is 11.3 Å². The Balaban J connectivity index is 1.85. The zero-order valence-corrected chi connectivity index (χ0v) is 15.2. The van der Waals surface area contributed by atoms with Crippen LogP contribution in [0.25, 0.3) is 26.5 Å². The van der Waals surface area contributed by atoms with Crippen LogP contribution in [0.2, 0.25) is 5.02 Å². The van der Waals surface area contributed by atoms with Crippen molar-refractivity contribution >= 4 is 33.2 Å². The Kier molecular flexibility index (Phi) is 4.14. The van der Waals surface area contributed by atoms with Crippen molar-refractivity contribution in [2.45, 2.75) is 0 Å². The summed E-state index contributed by atoms with van der Waals surface area (Å²) in [6, 6.07) is 13.9. The van der Waals surface area contributed by atoms with Crippen LogP contribution in [0.15, 0.2) is 59.5 Å². The molecule has 26 heavy (non-hydrogen) atoms. The SMILES string of the molecule is COc1cc(-n2ccc3nc(-c4ccc(Cl)cc4)sc3c2=O)ccc1O. The van der Waals surface area contributed by atoms with Crippen LogP contribution in [0, 0.1) is 0 Å². The fourth-order valence-corrected chi connectivity index (χ4v) is 3.78. The van der Waals surface area contributed by atoms with Gasteiger partial charge in [0.15, 0.2) is 11.5 Å². The van der Waals surface area contributed by atoms with Crippen molar-refractivity contribution in [1.82, 2.24) is 9.55 Å². The summed E-state index contributed by atoms with van der Waals surface area (Å²) in [4.78, 5) is 17.5. The smallest absolute Gasteiger partial charge is 0.274 e. The molecule has 2 aromatic carbocycles. The molecule has 0 aliphatic rings. The highest BCUT2D eigenvalue weighted by atomic mass is 35.5. The molecule has 2 heterocycles. The summed E-state index contributed by atoms with van der Waals surface area (Å²) in [5.41, 5.74) is 1.99. The first-order chi connectivity index (χ1) is 12.6. The highest BCUT2D eigenvalue weighted by Crippen LogP contribution is 2.30. The second-order valence-corrected chi connectivity index (χ2v) is 7.02. The first-order valence-corrected chi connectivity index (χ1v) is 8.92. The van der Waals surface area contributed by atoms with E-state index >= 15 is 0 Å². The molecule has 0 unspecified atom stereocenters. The number of phenolic OH excluding ortho intramolecular Hbond substituents is 1. The van der Waals surface area contributed by atoms with E-state index in [1.807, 2.05) is 12.1 Å². The number of hydrogen-bond acceptors (Lipinski definition) is 5. The van der Waals surface area contributed by atoms with Crippen LogP contribution in [0.3, 0.4) is 0 Å². The number of phenols is 1. The molecule has 0 fully saturated rings. The first kappa shape index (κ1) is 16.6. The van der Waals surface area contributed by atoms with E-state index in [0.29, 0.717) is 26.7 Å². The summed E-state index contributed by atoms with van der Waals surface area (Å²) in [5.74, 6) is 0.328. The van der Waals surface area contributed by atoms with Gasteiger partial charge >= 0.3 is 0 Å². The number of aromatic hydroxyl groups is 1. The van der Waals surface area contributed by atoms with E-state index in [4.69, 9.17) is 16.3 Å². The molecule has 0 saturated heterocycles. The van der Waals surface area contributed by atoms with Crippen LogP contribution in [0.5, 0.6) is 11.5 Å². The predicted molar refractivity (Wildman–Crippen MR) is 104 cm³/mol. The van der Waals surface area contributed by atoms with Gasteiger partial charge in [0, 0.05) is 22.8 Å². The molecule has 4 aromatic rings. The third-order valence-electron chi connectivity index (χ3n) is 3.98. The van der Waals surface area contributed by atoms with Gasteiger partial charge in [-0.3, -0.25) is 9.36 Å². The number of rotatable bonds is 3. The second-order valence-electron chi connectivity index (χ2n) is 5.59. The monoisotopic (exact) mass is 384 g/mol. The van der Waals surface area contributed by atoms with Crippen molar-refractivity contribution < 1.29 is 9.84 Å². The predicted octanol–water partition coefficient (Wildman–Crippen LogP) is 4.48. The van der Waals surface area contributed by atoms with Gasteiger partial charge in [0.1, 0.15) is 9.71 Å². The number of methoxy groups -OCH3 is 1. The molecular weight excluding hydrogens is 372 g/mol. The van der Waals surface area contributed by atoms with E-state index in [1.165, 1.54) is 29.1 Å². The van der Waals surface area contributed by atoms with Crippen LogP contribution in [-0.2, 0) is 0 Å². The van der Waals surface area contributed by atoms with Gasteiger partial charge in [-0.1, -0.05) is 23.7 Å². The van der Waals surface area contributed by atoms with E-state index < -0.39 is 0 Å². The lowest BCUT2D eigenvalue weighted by Crippen LogP contribution is -2.16. The maximum absolute atomic E-state index is 12.9. The Labute approximate surface area is 157 Å². The number of nitrogens with zero attached hydrogens (tertiary/aromatic N) is 2. The summed E-state index contributed by atoms with van der Waals surface area (Å²) in [7, 11) is 1.46. The highest BCUT2D eigenvalue weighted by molar-refractivity contribution is 7.21. The minimum absolute atomic E-state index is 0.0215.